The first kappa shape index (κ1) is 12.8. The molecule has 0 aliphatic heterocycles. The zero-order valence-corrected chi connectivity index (χ0v) is 11.4. The van der Waals surface area contributed by atoms with Gasteiger partial charge in [0.25, 0.3) is 0 Å². The normalized spacial score (nSPS) is 12.5. The van der Waals surface area contributed by atoms with Gasteiger partial charge in [0.15, 0.2) is 0 Å². The molecule has 0 saturated heterocycles. The molecular formula is C17H18N2O. The van der Waals surface area contributed by atoms with E-state index < -0.39 is 6.10 Å². The Morgan fingerprint density at radius 3 is 2.85 bits per heavy atom. The summed E-state index contributed by atoms with van der Waals surface area (Å²) in [6.45, 7) is 2.52. The highest BCUT2D eigenvalue weighted by Crippen LogP contribution is 2.23. The monoisotopic (exact) mass is 266 g/mol. The lowest BCUT2D eigenvalue weighted by molar-refractivity contribution is 0.200. The van der Waals surface area contributed by atoms with Crippen molar-refractivity contribution in [2.45, 2.75) is 19.6 Å². The maximum Gasteiger partial charge on any atom is 0.0781 e. The second kappa shape index (κ2) is 5.39. The van der Waals surface area contributed by atoms with Crippen LogP contribution in [0, 0.1) is 0 Å². The molecule has 3 heteroatoms. The maximum atomic E-state index is 9.77. The summed E-state index contributed by atoms with van der Waals surface area (Å²) in [6.07, 6.45) is 1.48. The minimum atomic E-state index is -0.468. The third kappa shape index (κ3) is 2.53. The van der Waals surface area contributed by atoms with Crippen molar-refractivity contribution in [3.05, 3.63) is 65.9 Å². The van der Waals surface area contributed by atoms with E-state index in [4.69, 9.17) is 0 Å². The molecule has 0 spiro atoms. The number of aromatic nitrogens is 1. The van der Waals surface area contributed by atoms with Crippen LogP contribution in [-0.2, 0) is 6.54 Å². The van der Waals surface area contributed by atoms with Crippen LogP contribution in [0.15, 0.2) is 54.7 Å². The van der Waals surface area contributed by atoms with E-state index in [-0.39, 0.29) is 0 Å². The van der Waals surface area contributed by atoms with Crippen molar-refractivity contribution in [1.82, 2.24) is 4.98 Å². The van der Waals surface area contributed by atoms with Crippen molar-refractivity contribution < 1.29 is 5.11 Å². The minimum absolute atomic E-state index is 0.468. The lowest BCUT2D eigenvalue weighted by atomic mass is 10.1. The van der Waals surface area contributed by atoms with Crippen LogP contribution in [0.2, 0.25) is 0 Å². The molecule has 102 valence electrons. The predicted octanol–water partition coefficient (Wildman–Crippen LogP) is 3.83. The highest BCUT2D eigenvalue weighted by atomic mass is 16.3. The fourth-order valence-corrected chi connectivity index (χ4v) is 2.42. The molecule has 3 nitrogen and oxygen atoms in total. The van der Waals surface area contributed by atoms with Gasteiger partial charge in [0.2, 0.25) is 0 Å². The summed E-state index contributed by atoms with van der Waals surface area (Å²) in [5.41, 5.74) is 4.26. The molecule has 0 fully saturated rings. The third-order valence-electron chi connectivity index (χ3n) is 3.51. The van der Waals surface area contributed by atoms with Crippen molar-refractivity contribution in [2.75, 3.05) is 5.32 Å². The molecule has 3 aromatic rings. The van der Waals surface area contributed by atoms with Crippen LogP contribution in [0.1, 0.15) is 24.2 Å². The second-order valence-corrected chi connectivity index (χ2v) is 5.02. The number of nitrogens with one attached hydrogen (secondary N) is 2. The average molecular weight is 266 g/mol. The molecular weight excluding hydrogens is 248 g/mol. The van der Waals surface area contributed by atoms with E-state index in [0.717, 1.165) is 23.3 Å². The van der Waals surface area contributed by atoms with Gasteiger partial charge < -0.3 is 15.4 Å². The molecule has 3 N–H and O–H groups in total. The first-order chi connectivity index (χ1) is 9.74. The predicted molar refractivity (Wildman–Crippen MR) is 82.7 cm³/mol. The Morgan fingerprint density at radius 1 is 1.15 bits per heavy atom. The van der Waals surface area contributed by atoms with Gasteiger partial charge in [-0.15, -0.1) is 0 Å². The summed E-state index contributed by atoms with van der Waals surface area (Å²) in [6, 6.07) is 16.3. The third-order valence-corrected chi connectivity index (χ3v) is 3.51. The standard InChI is InChI=1S/C17H18N2O/c1-12(20)15-4-2-3-5-16(15)19-11-13-6-7-14-8-9-18-17(14)10-13/h2-10,12,18-20H,11H2,1H3. The highest BCUT2D eigenvalue weighted by Gasteiger charge is 2.06. The molecule has 20 heavy (non-hydrogen) atoms. The number of benzene rings is 2. The van der Waals surface area contributed by atoms with Crippen LogP contribution in [0.4, 0.5) is 5.69 Å². The van der Waals surface area contributed by atoms with Crippen LogP contribution in [0.3, 0.4) is 0 Å². The molecule has 0 aliphatic rings. The summed E-state index contributed by atoms with van der Waals surface area (Å²) in [5.74, 6) is 0. The van der Waals surface area contributed by atoms with Crippen LogP contribution in [0.5, 0.6) is 0 Å². The van der Waals surface area contributed by atoms with E-state index in [1.54, 1.807) is 6.92 Å². The van der Waals surface area contributed by atoms with E-state index in [0.29, 0.717) is 0 Å². The molecule has 1 aromatic heterocycles. The molecule has 3 rings (SSSR count). The Morgan fingerprint density at radius 2 is 2.00 bits per heavy atom. The van der Waals surface area contributed by atoms with Gasteiger partial charge in [0.1, 0.15) is 0 Å². The number of aliphatic hydroxyl groups excluding tert-OH is 1. The van der Waals surface area contributed by atoms with Gasteiger partial charge in [-0.2, -0.15) is 0 Å². The van der Waals surface area contributed by atoms with E-state index in [1.165, 1.54) is 10.9 Å². The van der Waals surface area contributed by atoms with Crippen LogP contribution in [0.25, 0.3) is 10.9 Å². The van der Waals surface area contributed by atoms with Crippen LogP contribution < -0.4 is 5.32 Å². The first-order valence-corrected chi connectivity index (χ1v) is 6.81. The van der Waals surface area contributed by atoms with Gasteiger partial charge in [0, 0.05) is 29.5 Å². The van der Waals surface area contributed by atoms with Gasteiger partial charge in [0.05, 0.1) is 6.10 Å². The zero-order valence-electron chi connectivity index (χ0n) is 11.4. The lowest BCUT2D eigenvalue weighted by Crippen LogP contribution is -2.04. The van der Waals surface area contributed by atoms with E-state index in [9.17, 15) is 5.11 Å². The Balaban J connectivity index is 1.79. The number of para-hydroxylation sites is 1. The molecule has 1 heterocycles. The molecule has 0 aliphatic carbocycles. The average Bonchev–Trinajstić information content (AvgIpc) is 2.92. The van der Waals surface area contributed by atoms with E-state index >= 15 is 0 Å². The Labute approximate surface area is 118 Å². The number of rotatable bonds is 4. The molecule has 1 atom stereocenters. The summed E-state index contributed by atoms with van der Waals surface area (Å²) < 4.78 is 0. The molecule has 0 saturated carbocycles. The quantitative estimate of drug-likeness (QED) is 0.672. The number of fused-ring (bicyclic) bond motifs is 1. The van der Waals surface area contributed by atoms with Crippen molar-refractivity contribution in [3.8, 4) is 0 Å². The number of aliphatic hydroxyl groups is 1. The summed E-state index contributed by atoms with van der Waals surface area (Å²) in [5, 5.41) is 14.4. The summed E-state index contributed by atoms with van der Waals surface area (Å²) in [7, 11) is 0. The topological polar surface area (TPSA) is 48.0 Å². The van der Waals surface area contributed by atoms with Crippen molar-refractivity contribution in [1.29, 1.82) is 0 Å². The number of hydrogen-bond acceptors (Lipinski definition) is 2. The highest BCUT2D eigenvalue weighted by molar-refractivity contribution is 5.79. The SMILES string of the molecule is CC(O)c1ccccc1NCc1ccc2cc[nH]c2c1. The van der Waals surface area contributed by atoms with E-state index in [2.05, 4.69) is 34.6 Å². The zero-order chi connectivity index (χ0) is 13.9. The second-order valence-electron chi connectivity index (χ2n) is 5.02. The molecule has 0 radical (unpaired) electrons. The minimum Gasteiger partial charge on any atom is -0.389 e. The lowest BCUT2D eigenvalue weighted by Gasteiger charge is -2.14. The van der Waals surface area contributed by atoms with Gasteiger partial charge in [-0.25, -0.2) is 0 Å². The Hall–Kier alpha value is -2.26. The van der Waals surface area contributed by atoms with Crippen LogP contribution >= 0.6 is 0 Å². The molecule has 0 bridgehead atoms. The fraction of sp³-hybridized carbons (Fsp3) is 0.176. The van der Waals surface area contributed by atoms with Gasteiger partial charge in [-0.3, -0.25) is 0 Å². The summed E-state index contributed by atoms with van der Waals surface area (Å²) >= 11 is 0. The largest absolute Gasteiger partial charge is 0.389 e. The smallest absolute Gasteiger partial charge is 0.0781 e. The van der Waals surface area contributed by atoms with Crippen molar-refractivity contribution in [2.24, 2.45) is 0 Å². The van der Waals surface area contributed by atoms with Crippen molar-refractivity contribution in [3.63, 3.8) is 0 Å². The molecule has 2 aromatic carbocycles. The first-order valence-electron chi connectivity index (χ1n) is 6.81. The van der Waals surface area contributed by atoms with Gasteiger partial charge >= 0.3 is 0 Å². The molecule has 0 amide bonds. The summed E-state index contributed by atoms with van der Waals surface area (Å²) in [4.78, 5) is 3.22. The number of H-pyrrole nitrogens is 1. The fourth-order valence-electron chi connectivity index (χ4n) is 2.42. The maximum absolute atomic E-state index is 9.77. The van der Waals surface area contributed by atoms with Crippen molar-refractivity contribution >= 4 is 16.6 Å². The number of hydrogen-bond donors (Lipinski definition) is 3. The number of aromatic amines is 1. The van der Waals surface area contributed by atoms with Gasteiger partial charge in [-0.1, -0.05) is 30.3 Å². The Kier molecular flexibility index (Phi) is 3.44. The Bertz CT molecular complexity index is 716. The van der Waals surface area contributed by atoms with Crippen LogP contribution in [-0.4, -0.2) is 10.1 Å². The molecule has 1 unspecified atom stereocenters. The van der Waals surface area contributed by atoms with Gasteiger partial charge in [-0.05, 0) is 36.1 Å². The van der Waals surface area contributed by atoms with E-state index in [1.807, 2.05) is 30.5 Å². The number of anilines is 1.